The summed E-state index contributed by atoms with van der Waals surface area (Å²) in [4.78, 5) is 42.8. The highest BCUT2D eigenvalue weighted by atomic mass is 32.1. The predicted molar refractivity (Wildman–Crippen MR) is 121 cm³/mol. The normalized spacial score (nSPS) is 20.4. The van der Waals surface area contributed by atoms with Crippen molar-refractivity contribution in [3.05, 3.63) is 67.3 Å². The number of carbonyl (C=O) groups excluding carboxylic acids is 3. The van der Waals surface area contributed by atoms with Gasteiger partial charge in [-0.25, -0.2) is 4.79 Å². The topological polar surface area (TPSA) is 71.4 Å². The highest BCUT2D eigenvalue weighted by Gasteiger charge is 2.54. The second kappa shape index (κ2) is 7.46. The molecule has 0 unspecified atom stereocenters. The molecule has 0 bridgehead atoms. The van der Waals surface area contributed by atoms with E-state index in [1.165, 1.54) is 4.88 Å². The fourth-order valence-electron chi connectivity index (χ4n) is 4.80. The lowest BCUT2D eigenvalue weighted by Gasteiger charge is -2.31. The van der Waals surface area contributed by atoms with Gasteiger partial charge in [-0.2, -0.15) is 0 Å². The Balaban J connectivity index is 1.39. The van der Waals surface area contributed by atoms with E-state index in [2.05, 4.69) is 16.0 Å². The lowest BCUT2D eigenvalue weighted by Crippen LogP contribution is -2.46. The quantitative estimate of drug-likeness (QED) is 0.464. The first-order valence-electron chi connectivity index (χ1n) is 10.3. The van der Waals surface area contributed by atoms with Gasteiger partial charge in [-0.3, -0.25) is 14.5 Å². The Morgan fingerprint density at radius 1 is 1.19 bits per heavy atom. The van der Waals surface area contributed by atoms with E-state index in [9.17, 15) is 14.4 Å². The van der Waals surface area contributed by atoms with Gasteiger partial charge in [0.05, 0.1) is 13.1 Å². The number of ketones is 1. The van der Waals surface area contributed by atoms with Gasteiger partial charge in [0.2, 0.25) is 0 Å². The maximum absolute atomic E-state index is 13.4. The maximum atomic E-state index is 13.4. The van der Waals surface area contributed by atoms with Crippen LogP contribution in [0.5, 0.6) is 0 Å². The van der Waals surface area contributed by atoms with Crippen LogP contribution >= 0.6 is 22.7 Å². The summed E-state index contributed by atoms with van der Waals surface area (Å²) in [6, 6.07) is 7.39. The molecule has 1 spiro atoms. The van der Waals surface area contributed by atoms with Gasteiger partial charge >= 0.3 is 6.03 Å². The zero-order valence-electron chi connectivity index (χ0n) is 17.4. The molecular weight excluding hydrogens is 430 g/mol. The second-order valence-corrected chi connectivity index (χ2v) is 10.2. The first-order valence-corrected chi connectivity index (χ1v) is 12.1. The first kappa shape index (κ1) is 20.2. The van der Waals surface area contributed by atoms with Crippen molar-refractivity contribution >= 4 is 40.4 Å². The van der Waals surface area contributed by atoms with Gasteiger partial charge in [0, 0.05) is 32.3 Å². The molecule has 8 heteroatoms. The number of aryl methyl sites for hydroxylation is 2. The highest BCUT2D eigenvalue weighted by molar-refractivity contribution is 7.10. The number of Topliss-reactive ketones (excluding diaryl/α,β-unsaturated/α-hetero) is 1. The number of nitrogens with zero attached hydrogens (tertiary/aromatic N) is 2. The predicted octanol–water partition coefficient (Wildman–Crippen LogP) is 4.24. The van der Waals surface area contributed by atoms with Crippen molar-refractivity contribution in [3.63, 3.8) is 0 Å². The molecular formula is C23H23N3O3S2. The summed E-state index contributed by atoms with van der Waals surface area (Å²) in [5, 5.41) is 6.92. The van der Waals surface area contributed by atoms with E-state index in [1.54, 1.807) is 22.7 Å². The van der Waals surface area contributed by atoms with Crippen LogP contribution in [0, 0.1) is 13.8 Å². The molecule has 1 fully saturated rings. The smallest absolute Gasteiger partial charge is 0.325 e. The molecule has 6 nitrogen and oxygen atoms in total. The van der Waals surface area contributed by atoms with Gasteiger partial charge in [0.1, 0.15) is 5.54 Å². The highest BCUT2D eigenvalue weighted by Crippen LogP contribution is 2.42. The maximum Gasteiger partial charge on any atom is 0.325 e. The molecule has 5 rings (SSSR count). The number of urea groups is 1. The minimum atomic E-state index is -1.01. The van der Waals surface area contributed by atoms with Crippen LogP contribution < -0.4 is 5.32 Å². The Kier molecular flexibility index (Phi) is 4.86. The van der Waals surface area contributed by atoms with Crippen LogP contribution in [-0.4, -0.2) is 33.7 Å². The van der Waals surface area contributed by atoms with Crippen LogP contribution in [0.4, 0.5) is 4.79 Å². The minimum Gasteiger partial charge on any atom is -0.343 e. The number of imide groups is 1. The van der Waals surface area contributed by atoms with Crippen molar-refractivity contribution in [2.75, 3.05) is 6.54 Å². The number of nitrogens with one attached hydrogen (secondary N) is 1. The van der Waals surface area contributed by atoms with Crippen molar-refractivity contribution in [1.29, 1.82) is 0 Å². The van der Waals surface area contributed by atoms with Crippen LogP contribution in [0.2, 0.25) is 0 Å². The lowest BCUT2D eigenvalue weighted by molar-refractivity contribution is -0.131. The Morgan fingerprint density at radius 3 is 2.81 bits per heavy atom. The third-order valence-corrected chi connectivity index (χ3v) is 8.25. The monoisotopic (exact) mass is 453 g/mol. The molecule has 3 aromatic heterocycles. The third kappa shape index (κ3) is 3.16. The molecule has 1 aliphatic carbocycles. The molecule has 1 N–H and O–H groups in total. The van der Waals surface area contributed by atoms with Gasteiger partial charge in [0.25, 0.3) is 5.91 Å². The lowest BCUT2D eigenvalue weighted by atomic mass is 9.80. The van der Waals surface area contributed by atoms with Gasteiger partial charge in [-0.1, -0.05) is 6.07 Å². The molecule has 3 aromatic rings. The van der Waals surface area contributed by atoms with Gasteiger partial charge < -0.3 is 9.88 Å². The summed E-state index contributed by atoms with van der Waals surface area (Å²) in [5.41, 5.74) is 2.29. The van der Waals surface area contributed by atoms with Gasteiger partial charge in [-0.15, -0.1) is 22.7 Å². The summed E-state index contributed by atoms with van der Waals surface area (Å²) in [7, 11) is 0. The van der Waals surface area contributed by atoms with E-state index in [4.69, 9.17) is 0 Å². The van der Waals surface area contributed by atoms with Crippen molar-refractivity contribution in [2.24, 2.45) is 0 Å². The zero-order valence-corrected chi connectivity index (χ0v) is 19.1. The molecule has 1 saturated heterocycles. The third-order valence-electron chi connectivity index (χ3n) is 6.41. The Bertz CT molecular complexity index is 1190. The van der Waals surface area contributed by atoms with Crippen LogP contribution in [0.15, 0.2) is 35.0 Å². The molecule has 0 aromatic carbocycles. The number of fused-ring (bicyclic) bond motifs is 2. The van der Waals surface area contributed by atoms with Crippen LogP contribution in [0.25, 0.3) is 0 Å². The fraction of sp³-hybridized carbons (Fsp3) is 0.348. The Morgan fingerprint density at radius 2 is 2.03 bits per heavy atom. The standard InChI is InChI=1S/C23H23N3O3S2/c1-14-11-17(15(2)25(14)12-16-5-4-9-30-16)19(27)13-26-21(28)23(24-22(26)29)8-3-6-20-18(23)7-10-31-20/h4-5,7,9-11H,3,6,8,12-13H2,1-2H3,(H,24,29)/t23-/m0/s1. The van der Waals surface area contributed by atoms with E-state index in [-0.39, 0.29) is 18.2 Å². The molecule has 3 amide bonds. The van der Waals surface area contributed by atoms with E-state index < -0.39 is 11.6 Å². The first-order chi connectivity index (χ1) is 14.9. The molecule has 160 valence electrons. The summed E-state index contributed by atoms with van der Waals surface area (Å²) in [6.07, 6.45) is 2.33. The summed E-state index contributed by atoms with van der Waals surface area (Å²) >= 11 is 3.29. The zero-order chi connectivity index (χ0) is 21.8. The molecule has 31 heavy (non-hydrogen) atoms. The van der Waals surface area contributed by atoms with Crippen LogP contribution in [-0.2, 0) is 23.3 Å². The van der Waals surface area contributed by atoms with E-state index >= 15 is 0 Å². The number of amides is 3. The average molecular weight is 454 g/mol. The molecule has 1 aliphatic heterocycles. The van der Waals surface area contributed by atoms with Gasteiger partial charge in [0.15, 0.2) is 5.78 Å². The summed E-state index contributed by atoms with van der Waals surface area (Å²) < 4.78 is 2.10. The summed E-state index contributed by atoms with van der Waals surface area (Å²) in [6.45, 7) is 4.35. The minimum absolute atomic E-state index is 0.215. The van der Waals surface area contributed by atoms with Crippen molar-refractivity contribution in [1.82, 2.24) is 14.8 Å². The fourth-order valence-corrected chi connectivity index (χ4v) is 6.49. The van der Waals surface area contributed by atoms with E-state index in [0.29, 0.717) is 18.5 Å². The molecule has 0 radical (unpaired) electrons. The number of hydrogen-bond acceptors (Lipinski definition) is 5. The molecule has 0 saturated carbocycles. The van der Waals surface area contributed by atoms with Crippen molar-refractivity contribution in [2.45, 2.75) is 45.2 Å². The van der Waals surface area contributed by atoms with E-state index in [0.717, 1.165) is 39.6 Å². The van der Waals surface area contributed by atoms with Crippen LogP contribution in [0.1, 0.15) is 49.9 Å². The number of aromatic nitrogens is 1. The number of rotatable bonds is 5. The molecule has 1 atom stereocenters. The largest absolute Gasteiger partial charge is 0.343 e. The number of carbonyl (C=O) groups is 3. The summed E-state index contributed by atoms with van der Waals surface area (Å²) in [5.74, 6) is -0.523. The van der Waals surface area contributed by atoms with E-state index in [1.807, 2.05) is 42.8 Å². The molecule has 4 heterocycles. The molecule has 2 aliphatic rings. The number of hydrogen-bond donors (Lipinski definition) is 1. The SMILES string of the molecule is Cc1cc(C(=O)CN2C(=O)N[C@]3(CCCc4sccc43)C2=O)c(C)n1Cc1cccs1. The van der Waals surface area contributed by atoms with Gasteiger partial charge in [-0.05, 0) is 62.1 Å². The Hall–Kier alpha value is -2.71. The Labute approximate surface area is 188 Å². The average Bonchev–Trinajstić information content (AvgIpc) is 3.52. The van der Waals surface area contributed by atoms with Crippen molar-refractivity contribution in [3.8, 4) is 0 Å². The van der Waals surface area contributed by atoms with Crippen LogP contribution in [0.3, 0.4) is 0 Å². The van der Waals surface area contributed by atoms with Crippen molar-refractivity contribution < 1.29 is 14.4 Å². The second-order valence-electron chi connectivity index (χ2n) is 8.21. The number of thiophene rings is 2.